The van der Waals surface area contributed by atoms with Crippen LogP contribution in [-0.4, -0.2) is 65.0 Å². The summed E-state index contributed by atoms with van der Waals surface area (Å²) in [5.74, 6) is -0.236. The fraction of sp³-hybridized carbons (Fsp3) is 0.462. The fourth-order valence-corrected chi connectivity index (χ4v) is 5.86. The molecule has 2 saturated heterocycles. The highest BCUT2D eigenvalue weighted by Crippen LogP contribution is 2.50. The van der Waals surface area contributed by atoms with Crippen LogP contribution in [-0.2, 0) is 21.4 Å². The van der Waals surface area contributed by atoms with E-state index in [4.69, 9.17) is 0 Å². The minimum Gasteiger partial charge on any atom is -0.380 e. The molecule has 6 heteroatoms. The average molecular weight is 434 g/mol. The third kappa shape index (κ3) is 3.33. The number of amides is 2. The fourth-order valence-electron chi connectivity index (χ4n) is 5.86. The molecule has 2 N–H and O–H groups in total. The van der Waals surface area contributed by atoms with E-state index in [1.807, 2.05) is 54.4 Å². The smallest absolute Gasteiger partial charge is 0.254 e. The maximum atomic E-state index is 13.7. The van der Waals surface area contributed by atoms with Gasteiger partial charge in [-0.2, -0.15) is 0 Å². The molecule has 168 valence electrons. The van der Waals surface area contributed by atoms with Crippen LogP contribution < -0.4 is 5.32 Å². The second-order valence-corrected chi connectivity index (χ2v) is 9.59. The number of likely N-dealkylation sites (tertiary alicyclic amines) is 2. The van der Waals surface area contributed by atoms with Gasteiger partial charge in [-0.05, 0) is 56.3 Å². The number of fused-ring (bicyclic) bond motifs is 2. The molecular weight excluding hydrogens is 402 g/mol. The summed E-state index contributed by atoms with van der Waals surface area (Å²) in [5.41, 5.74) is 0.899. The molecule has 0 aromatic heterocycles. The molecule has 3 aliphatic heterocycles. The maximum absolute atomic E-state index is 13.7. The number of piperidine rings is 1. The van der Waals surface area contributed by atoms with Gasteiger partial charge in [-0.1, -0.05) is 48.5 Å². The molecule has 3 aliphatic rings. The van der Waals surface area contributed by atoms with Crippen molar-refractivity contribution in [1.29, 1.82) is 0 Å². The van der Waals surface area contributed by atoms with E-state index < -0.39 is 11.0 Å². The van der Waals surface area contributed by atoms with Crippen molar-refractivity contribution >= 4 is 17.5 Å². The number of aliphatic hydroxyl groups is 1. The largest absolute Gasteiger partial charge is 0.380 e. The molecule has 5 rings (SSSR count). The topological polar surface area (TPSA) is 72.9 Å². The van der Waals surface area contributed by atoms with Crippen LogP contribution in [0.5, 0.6) is 0 Å². The zero-order chi connectivity index (χ0) is 22.3. The lowest BCUT2D eigenvalue weighted by Crippen LogP contribution is -2.58. The van der Waals surface area contributed by atoms with Crippen LogP contribution in [0.2, 0.25) is 0 Å². The van der Waals surface area contributed by atoms with E-state index in [1.165, 1.54) is 5.56 Å². The van der Waals surface area contributed by atoms with Gasteiger partial charge in [0.25, 0.3) is 5.91 Å². The lowest BCUT2D eigenvalue weighted by Gasteiger charge is -2.41. The summed E-state index contributed by atoms with van der Waals surface area (Å²) in [6, 6.07) is 17.7. The summed E-state index contributed by atoms with van der Waals surface area (Å²) in [7, 11) is 2.01. The standard InChI is InChI=1S/C26H31N3O3/c1-28-16-13-25(32,14-17-28)24(31)29-18-15-26(20-9-5-6-10-21(20)27-23(26)30)22(29)12-11-19-7-3-2-4-8-19/h2-10,22,32H,11-18H2,1H3,(H,27,30)/t22-,26+/m0/s1. The van der Waals surface area contributed by atoms with Crippen LogP contribution in [0.3, 0.4) is 0 Å². The third-order valence-corrected chi connectivity index (χ3v) is 7.78. The summed E-state index contributed by atoms with van der Waals surface area (Å²) in [4.78, 5) is 31.1. The molecule has 0 radical (unpaired) electrons. The van der Waals surface area contributed by atoms with Gasteiger partial charge in [-0.15, -0.1) is 0 Å². The molecule has 0 aliphatic carbocycles. The zero-order valence-electron chi connectivity index (χ0n) is 18.6. The summed E-state index contributed by atoms with van der Waals surface area (Å²) >= 11 is 0. The molecule has 3 heterocycles. The normalized spacial score (nSPS) is 26.9. The first-order valence-corrected chi connectivity index (χ1v) is 11.6. The van der Waals surface area contributed by atoms with E-state index in [0.717, 1.165) is 17.7 Å². The molecular formula is C26H31N3O3. The number of nitrogens with one attached hydrogen (secondary N) is 1. The van der Waals surface area contributed by atoms with Crippen LogP contribution in [0.25, 0.3) is 0 Å². The van der Waals surface area contributed by atoms with Gasteiger partial charge < -0.3 is 20.2 Å². The summed E-state index contributed by atoms with van der Waals surface area (Å²) < 4.78 is 0. The van der Waals surface area contributed by atoms with Gasteiger partial charge in [-0.3, -0.25) is 9.59 Å². The Morgan fingerprint density at radius 1 is 1.03 bits per heavy atom. The molecule has 6 nitrogen and oxygen atoms in total. The first-order valence-electron chi connectivity index (χ1n) is 11.6. The Morgan fingerprint density at radius 2 is 1.72 bits per heavy atom. The van der Waals surface area contributed by atoms with E-state index >= 15 is 0 Å². The maximum Gasteiger partial charge on any atom is 0.254 e. The second kappa shape index (κ2) is 8.01. The van der Waals surface area contributed by atoms with Crippen LogP contribution in [0.15, 0.2) is 54.6 Å². The highest BCUT2D eigenvalue weighted by Gasteiger charge is 2.60. The predicted molar refractivity (Wildman–Crippen MR) is 123 cm³/mol. The lowest BCUT2D eigenvalue weighted by molar-refractivity contribution is -0.157. The molecule has 1 spiro atoms. The number of benzene rings is 2. The van der Waals surface area contributed by atoms with E-state index in [-0.39, 0.29) is 17.9 Å². The second-order valence-electron chi connectivity index (χ2n) is 9.59. The summed E-state index contributed by atoms with van der Waals surface area (Å²) in [6.45, 7) is 1.87. The quantitative estimate of drug-likeness (QED) is 0.777. The van der Waals surface area contributed by atoms with Crippen LogP contribution >= 0.6 is 0 Å². The monoisotopic (exact) mass is 433 g/mol. The molecule has 0 saturated carbocycles. The highest BCUT2D eigenvalue weighted by atomic mass is 16.3. The molecule has 2 atom stereocenters. The number of anilines is 1. The number of nitrogens with zero attached hydrogens (tertiary/aromatic N) is 2. The van der Waals surface area contributed by atoms with Crippen molar-refractivity contribution in [3.8, 4) is 0 Å². The van der Waals surface area contributed by atoms with Crippen molar-refractivity contribution in [2.45, 2.75) is 49.2 Å². The molecule has 0 bridgehead atoms. The van der Waals surface area contributed by atoms with Crippen molar-refractivity contribution in [3.05, 3.63) is 65.7 Å². The Labute approximate surface area is 189 Å². The predicted octanol–water partition coefficient (Wildman–Crippen LogP) is 2.57. The number of carbonyl (C=O) groups is 2. The first-order chi connectivity index (χ1) is 15.4. The lowest BCUT2D eigenvalue weighted by atomic mass is 9.73. The number of hydrogen-bond acceptors (Lipinski definition) is 4. The van der Waals surface area contributed by atoms with Crippen molar-refractivity contribution in [1.82, 2.24) is 9.80 Å². The zero-order valence-corrected chi connectivity index (χ0v) is 18.6. The number of hydrogen-bond donors (Lipinski definition) is 2. The number of rotatable bonds is 4. The van der Waals surface area contributed by atoms with E-state index in [2.05, 4.69) is 22.3 Å². The van der Waals surface area contributed by atoms with Gasteiger partial charge in [0.2, 0.25) is 5.91 Å². The molecule has 0 unspecified atom stereocenters. The SMILES string of the molecule is CN1CCC(O)(C(=O)N2CC[C@]3(C(=O)Nc4ccccc43)[C@@H]2CCc2ccccc2)CC1. The van der Waals surface area contributed by atoms with Crippen LogP contribution in [0, 0.1) is 0 Å². The number of para-hydroxylation sites is 1. The average Bonchev–Trinajstić information content (AvgIpc) is 3.33. The van der Waals surface area contributed by atoms with E-state index in [0.29, 0.717) is 45.3 Å². The van der Waals surface area contributed by atoms with E-state index in [9.17, 15) is 14.7 Å². The van der Waals surface area contributed by atoms with Gasteiger partial charge in [-0.25, -0.2) is 0 Å². The summed E-state index contributed by atoms with van der Waals surface area (Å²) in [6.07, 6.45) is 2.89. The number of carbonyl (C=O) groups excluding carboxylic acids is 2. The minimum absolute atomic E-state index is 0.0255. The van der Waals surface area contributed by atoms with Gasteiger partial charge in [0.05, 0.1) is 11.5 Å². The van der Waals surface area contributed by atoms with Crippen LogP contribution in [0.4, 0.5) is 5.69 Å². The third-order valence-electron chi connectivity index (χ3n) is 7.78. The molecule has 2 fully saturated rings. The molecule has 32 heavy (non-hydrogen) atoms. The highest BCUT2D eigenvalue weighted by molar-refractivity contribution is 6.07. The first kappa shape index (κ1) is 21.2. The van der Waals surface area contributed by atoms with Crippen molar-refractivity contribution < 1.29 is 14.7 Å². The Morgan fingerprint density at radius 3 is 2.47 bits per heavy atom. The van der Waals surface area contributed by atoms with E-state index in [1.54, 1.807) is 0 Å². The van der Waals surface area contributed by atoms with Crippen molar-refractivity contribution in [3.63, 3.8) is 0 Å². The Kier molecular flexibility index (Phi) is 5.30. The van der Waals surface area contributed by atoms with Gasteiger partial charge in [0, 0.05) is 25.3 Å². The van der Waals surface area contributed by atoms with Gasteiger partial charge in [0.1, 0.15) is 5.60 Å². The molecule has 2 aromatic rings. The molecule has 2 aromatic carbocycles. The minimum atomic E-state index is -1.35. The van der Waals surface area contributed by atoms with Crippen molar-refractivity contribution in [2.24, 2.45) is 0 Å². The Balaban J connectivity index is 1.50. The molecule has 2 amide bonds. The summed E-state index contributed by atoms with van der Waals surface area (Å²) in [5, 5.41) is 14.4. The van der Waals surface area contributed by atoms with Crippen LogP contribution in [0.1, 0.15) is 36.8 Å². The number of aryl methyl sites for hydroxylation is 1. The Hall–Kier alpha value is -2.70. The van der Waals surface area contributed by atoms with Crippen molar-refractivity contribution in [2.75, 3.05) is 32.0 Å². The Bertz CT molecular complexity index is 1020. The van der Waals surface area contributed by atoms with Gasteiger partial charge in [0.15, 0.2) is 0 Å². The van der Waals surface area contributed by atoms with Gasteiger partial charge >= 0.3 is 0 Å².